The molecule has 0 saturated carbocycles. The molecule has 0 unspecified atom stereocenters. The van der Waals surface area contributed by atoms with Crippen LogP contribution in [0.2, 0.25) is 0 Å². The van der Waals surface area contributed by atoms with Gasteiger partial charge in [-0.1, -0.05) is 6.07 Å². The molecule has 0 radical (unpaired) electrons. The molecule has 0 aliphatic carbocycles. The van der Waals surface area contributed by atoms with Crippen LogP contribution in [0.4, 0.5) is 0 Å². The lowest BCUT2D eigenvalue weighted by molar-refractivity contribution is 0.0929. The van der Waals surface area contributed by atoms with Crippen LogP contribution in [-0.2, 0) is 0 Å². The molecule has 4 nitrogen and oxygen atoms in total. The van der Waals surface area contributed by atoms with E-state index in [1.165, 1.54) is 0 Å². The van der Waals surface area contributed by atoms with Crippen molar-refractivity contribution in [1.29, 1.82) is 5.26 Å². The van der Waals surface area contributed by atoms with E-state index in [1.807, 2.05) is 6.07 Å². The maximum atomic E-state index is 11.8. The molecule has 0 aliphatic rings. The lowest BCUT2D eigenvalue weighted by Crippen LogP contribution is -2.42. The number of hydrogen-bond acceptors (Lipinski definition) is 3. The van der Waals surface area contributed by atoms with Gasteiger partial charge in [-0.2, -0.15) is 5.26 Å². The summed E-state index contributed by atoms with van der Waals surface area (Å²) in [6.45, 7) is 3.29. The van der Waals surface area contributed by atoms with Gasteiger partial charge in [-0.15, -0.1) is 0 Å². The van der Waals surface area contributed by atoms with Crippen LogP contribution in [0.3, 0.4) is 0 Å². The molecule has 5 heteroatoms. The van der Waals surface area contributed by atoms with E-state index in [4.69, 9.17) is 10.00 Å². The highest BCUT2D eigenvalue weighted by atomic mass is 79.9. The van der Waals surface area contributed by atoms with Crippen molar-refractivity contribution in [2.24, 2.45) is 0 Å². The number of ether oxygens (including phenoxy) is 1. The maximum Gasteiger partial charge on any atom is 0.252 e. The average molecular weight is 297 g/mol. The number of halogens is 1. The van der Waals surface area contributed by atoms with Crippen molar-refractivity contribution in [3.63, 3.8) is 0 Å². The van der Waals surface area contributed by atoms with Gasteiger partial charge in [-0.3, -0.25) is 4.79 Å². The topological polar surface area (TPSA) is 62.1 Å². The van der Waals surface area contributed by atoms with Gasteiger partial charge >= 0.3 is 0 Å². The van der Waals surface area contributed by atoms with Gasteiger partial charge in [0.05, 0.1) is 6.07 Å². The SMILES string of the molecule is CC(C)(C#N)NC(=O)c1cccc(OCBr)c1. The second kappa shape index (κ2) is 5.69. The molecule has 1 aromatic rings. The fourth-order valence-corrected chi connectivity index (χ4v) is 1.44. The third-order valence-corrected chi connectivity index (χ3v) is 2.25. The third kappa shape index (κ3) is 4.08. The van der Waals surface area contributed by atoms with Crippen molar-refractivity contribution in [2.75, 3.05) is 5.52 Å². The van der Waals surface area contributed by atoms with Crippen molar-refractivity contribution in [1.82, 2.24) is 5.32 Å². The number of nitrogens with one attached hydrogen (secondary N) is 1. The molecule has 1 amide bonds. The molecule has 90 valence electrons. The molecule has 0 aliphatic heterocycles. The summed E-state index contributed by atoms with van der Waals surface area (Å²) in [6.07, 6.45) is 0. The van der Waals surface area contributed by atoms with E-state index < -0.39 is 5.54 Å². The molecular weight excluding hydrogens is 284 g/mol. The van der Waals surface area contributed by atoms with E-state index in [2.05, 4.69) is 21.2 Å². The molecule has 1 rings (SSSR count). The molecule has 0 atom stereocenters. The van der Waals surface area contributed by atoms with Gasteiger partial charge in [-0.05, 0) is 48.0 Å². The molecule has 0 fully saturated rings. The Bertz CT molecular complexity index is 452. The van der Waals surface area contributed by atoms with Crippen molar-refractivity contribution in [2.45, 2.75) is 19.4 Å². The highest BCUT2D eigenvalue weighted by Gasteiger charge is 2.20. The second-order valence-electron chi connectivity index (χ2n) is 3.97. The van der Waals surface area contributed by atoms with E-state index in [-0.39, 0.29) is 5.91 Å². The lowest BCUT2D eigenvalue weighted by Gasteiger charge is -2.17. The van der Waals surface area contributed by atoms with Crippen molar-refractivity contribution < 1.29 is 9.53 Å². The fraction of sp³-hybridized carbons (Fsp3) is 0.333. The molecule has 0 aromatic heterocycles. The Labute approximate surface area is 109 Å². The predicted octanol–water partition coefficient (Wildman–Crippen LogP) is 2.45. The maximum absolute atomic E-state index is 11.8. The highest BCUT2D eigenvalue weighted by molar-refractivity contribution is 9.09. The first-order valence-electron chi connectivity index (χ1n) is 5.01. The number of hydrogen-bond donors (Lipinski definition) is 1. The number of amides is 1. The summed E-state index contributed by atoms with van der Waals surface area (Å²) in [4.78, 5) is 11.8. The van der Waals surface area contributed by atoms with E-state index in [0.717, 1.165) is 0 Å². The van der Waals surface area contributed by atoms with Crippen molar-refractivity contribution in [3.8, 4) is 11.8 Å². The summed E-state index contributed by atoms with van der Waals surface area (Å²) in [7, 11) is 0. The zero-order chi connectivity index (χ0) is 12.9. The molecule has 1 aromatic carbocycles. The Kier molecular flexibility index (Phi) is 4.53. The quantitative estimate of drug-likeness (QED) is 0.868. The van der Waals surface area contributed by atoms with Crippen LogP contribution in [0.5, 0.6) is 5.75 Å². The normalized spacial score (nSPS) is 10.5. The zero-order valence-electron chi connectivity index (χ0n) is 9.66. The first-order chi connectivity index (χ1) is 7.98. The number of nitrogens with zero attached hydrogens (tertiary/aromatic N) is 1. The molecule has 0 spiro atoms. The summed E-state index contributed by atoms with van der Waals surface area (Å²) in [5, 5.41) is 11.5. The number of rotatable bonds is 4. The summed E-state index contributed by atoms with van der Waals surface area (Å²) in [5.41, 5.74) is -0.0581. The molecule has 0 saturated heterocycles. The van der Waals surface area contributed by atoms with Crippen molar-refractivity contribution >= 4 is 21.8 Å². The Morgan fingerprint density at radius 1 is 1.59 bits per heavy atom. The molecular formula is C12H13BrN2O2. The molecule has 0 bridgehead atoms. The van der Waals surface area contributed by atoms with E-state index in [9.17, 15) is 4.79 Å². The number of nitriles is 1. The lowest BCUT2D eigenvalue weighted by atomic mass is 10.1. The molecule has 1 N–H and O–H groups in total. The number of benzene rings is 1. The van der Waals surface area contributed by atoms with E-state index in [0.29, 0.717) is 16.8 Å². The first kappa shape index (κ1) is 13.5. The first-order valence-corrected chi connectivity index (χ1v) is 6.13. The summed E-state index contributed by atoms with van der Waals surface area (Å²) < 4.78 is 5.22. The number of carbonyl (C=O) groups is 1. The van der Waals surface area contributed by atoms with E-state index in [1.54, 1.807) is 38.1 Å². The van der Waals surface area contributed by atoms with E-state index >= 15 is 0 Å². The zero-order valence-corrected chi connectivity index (χ0v) is 11.2. The van der Waals surface area contributed by atoms with Crippen molar-refractivity contribution in [3.05, 3.63) is 29.8 Å². The van der Waals surface area contributed by atoms with Gasteiger partial charge < -0.3 is 10.1 Å². The third-order valence-electron chi connectivity index (χ3n) is 2.02. The van der Waals surface area contributed by atoms with Crippen LogP contribution in [-0.4, -0.2) is 17.0 Å². The summed E-state index contributed by atoms with van der Waals surface area (Å²) in [6, 6.07) is 8.80. The van der Waals surface area contributed by atoms with Gasteiger partial charge in [0.15, 0.2) is 0 Å². The minimum atomic E-state index is -0.886. The minimum absolute atomic E-state index is 0.295. The predicted molar refractivity (Wildman–Crippen MR) is 68.0 cm³/mol. The highest BCUT2D eigenvalue weighted by Crippen LogP contribution is 2.14. The Balaban J connectivity index is 2.83. The van der Waals surface area contributed by atoms with Crippen LogP contribution in [0.25, 0.3) is 0 Å². The Morgan fingerprint density at radius 3 is 2.88 bits per heavy atom. The number of carbonyl (C=O) groups excluding carboxylic acids is 1. The van der Waals surface area contributed by atoms with Crippen LogP contribution in [0.15, 0.2) is 24.3 Å². The van der Waals surface area contributed by atoms with Gasteiger partial charge in [0.1, 0.15) is 16.8 Å². The Morgan fingerprint density at radius 2 is 2.29 bits per heavy atom. The van der Waals surface area contributed by atoms with Gasteiger partial charge in [0.25, 0.3) is 5.91 Å². The fourth-order valence-electron chi connectivity index (χ4n) is 1.17. The number of alkyl halides is 1. The Hall–Kier alpha value is -1.54. The largest absolute Gasteiger partial charge is 0.482 e. The second-order valence-corrected chi connectivity index (χ2v) is 4.43. The summed E-state index contributed by atoms with van der Waals surface area (Å²) >= 11 is 3.14. The van der Waals surface area contributed by atoms with Gasteiger partial charge in [0, 0.05) is 5.56 Å². The monoisotopic (exact) mass is 296 g/mol. The molecule has 17 heavy (non-hydrogen) atoms. The van der Waals surface area contributed by atoms with Crippen LogP contribution >= 0.6 is 15.9 Å². The standard InChI is InChI=1S/C12H13BrN2O2/c1-12(2,7-14)15-11(16)9-4-3-5-10(6-9)17-8-13/h3-6H,8H2,1-2H3,(H,15,16). The summed E-state index contributed by atoms with van der Waals surface area (Å²) in [5.74, 6) is 0.306. The minimum Gasteiger partial charge on any atom is -0.482 e. The van der Waals surface area contributed by atoms with Crippen LogP contribution in [0, 0.1) is 11.3 Å². The molecule has 0 heterocycles. The smallest absolute Gasteiger partial charge is 0.252 e. The van der Waals surface area contributed by atoms with Gasteiger partial charge in [-0.25, -0.2) is 0 Å². The van der Waals surface area contributed by atoms with Gasteiger partial charge in [0.2, 0.25) is 0 Å². The average Bonchev–Trinajstić information content (AvgIpc) is 2.29. The van der Waals surface area contributed by atoms with Crippen LogP contribution < -0.4 is 10.1 Å². The van der Waals surface area contributed by atoms with Crippen LogP contribution in [0.1, 0.15) is 24.2 Å².